The van der Waals surface area contributed by atoms with Gasteiger partial charge < -0.3 is 4.90 Å². The molecule has 0 amide bonds. The van der Waals surface area contributed by atoms with Crippen molar-refractivity contribution in [3.05, 3.63) is 40.4 Å². The number of nitrogens with zero attached hydrogens (tertiary/aromatic N) is 3. The lowest BCUT2D eigenvalue weighted by atomic mass is 9.98. The zero-order chi connectivity index (χ0) is 18.6. The van der Waals surface area contributed by atoms with E-state index in [0.29, 0.717) is 17.5 Å². The number of aromatic nitrogens is 2. The molecule has 0 fully saturated rings. The molecule has 0 saturated carbocycles. The number of anilines is 1. The Balaban J connectivity index is 2.23. The first-order chi connectivity index (χ1) is 11.8. The molecular formula is C19H26FN3OS. The molecule has 0 bridgehead atoms. The van der Waals surface area contributed by atoms with E-state index < -0.39 is 11.7 Å². The topological polar surface area (TPSA) is 46.1 Å². The van der Waals surface area contributed by atoms with Crippen molar-refractivity contribution in [1.29, 1.82) is 0 Å². The van der Waals surface area contributed by atoms with Crippen LogP contribution in [0.1, 0.15) is 55.0 Å². The summed E-state index contributed by atoms with van der Waals surface area (Å²) >= 11 is 1.49. The largest absolute Gasteiger partial charge is 0.348 e. The Labute approximate surface area is 153 Å². The predicted molar refractivity (Wildman–Crippen MR) is 101 cm³/mol. The number of halogens is 1. The number of hydrogen-bond acceptors (Lipinski definition) is 5. The van der Waals surface area contributed by atoms with E-state index in [9.17, 15) is 9.18 Å². The number of carbonyl (C=O) groups is 1. The molecule has 0 aliphatic rings. The first-order valence-electron chi connectivity index (χ1n) is 8.71. The number of rotatable bonds is 8. The van der Waals surface area contributed by atoms with Gasteiger partial charge in [0.15, 0.2) is 5.13 Å². The number of ketones is 1. The molecule has 0 saturated heterocycles. The van der Waals surface area contributed by atoms with Crippen molar-refractivity contribution < 1.29 is 9.18 Å². The molecule has 6 heteroatoms. The molecular weight excluding hydrogens is 337 g/mol. The quantitative estimate of drug-likeness (QED) is 0.503. The molecule has 2 heterocycles. The highest BCUT2D eigenvalue weighted by molar-refractivity contribution is 7.15. The molecule has 0 aliphatic heterocycles. The van der Waals surface area contributed by atoms with Gasteiger partial charge in [0, 0.05) is 24.2 Å². The molecule has 0 spiro atoms. The zero-order valence-corrected chi connectivity index (χ0v) is 16.4. The third kappa shape index (κ3) is 4.84. The van der Waals surface area contributed by atoms with Crippen molar-refractivity contribution in [2.45, 2.75) is 41.0 Å². The molecule has 2 rings (SSSR count). The van der Waals surface area contributed by atoms with E-state index in [1.807, 2.05) is 6.92 Å². The molecule has 4 nitrogen and oxygen atoms in total. The van der Waals surface area contributed by atoms with E-state index in [0.717, 1.165) is 29.5 Å². The molecule has 2 aromatic heterocycles. The number of pyridine rings is 1. The molecule has 25 heavy (non-hydrogen) atoms. The summed E-state index contributed by atoms with van der Waals surface area (Å²) in [7, 11) is 0. The maximum Gasteiger partial charge on any atom is 0.224 e. The maximum absolute atomic E-state index is 13.8. The SMILES string of the molecule is CCN(C[C@@H](C)CC(C)C)c1nc(C(=O)c2cccnc2F)c(C)s1. The first-order valence-corrected chi connectivity index (χ1v) is 9.52. The summed E-state index contributed by atoms with van der Waals surface area (Å²) in [6.07, 6.45) is 2.48. The van der Waals surface area contributed by atoms with Gasteiger partial charge in [-0.05, 0) is 44.2 Å². The van der Waals surface area contributed by atoms with Gasteiger partial charge in [0.2, 0.25) is 11.7 Å². The second-order valence-corrected chi connectivity index (χ2v) is 8.03. The standard InChI is InChI=1S/C19H26FN3OS/c1-6-23(11-13(4)10-12(2)3)19-22-16(14(5)25-19)17(24)15-8-7-9-21-18(15)20/h7-9,12-13H,6,10-11H2,1-5H3/t13-/m0/s1. The zero-order valence-electron chi connectivity index (χ0n) is 15.5. The summed E-state index contributed by atoms with van der Waals surface area (Å²) in [6, 6.07) is 3.01. The fourth-order valence-electron chi connectivity index (χ4n) is 3.01. The van der Waals surface area contributed by atoms with E-state index in [4.69, 9.17) is 0 Å². The molecule has 0 unspecified atom stereocenters. The summed E-state index contributed by atoms with van der Waals surface area (Å²) in [6.45, 7) is 12.3. The molecule has 0 N–H and O–H groups in total. The lowest BCUT2D eigenvalue weighted by Crippen LogP contribution is -2.28. The van der Waals surface area contributed by atoms with Gasteiger partial charge in [0.25, 0.3) is 0 Å². The van der Waals surface area contributed by atoms with Gasteiger partial charge in [-0.25, -0.2) is 9.97 Å². The van der Waals surface area contributed by atoms with Crippen LogP contribution in [0, 0.1) is 24.7 Å². The van der Waals surface area contributed by atoms with Crippen molar-refractivity contribution in [1.82, 2.24) is 9.97 Å². The normalized spacial score (nSPS) is 12.4. The fraction of sp³-hybridized carbons (Fsp3) is 0.526. The smallest absolute Gasteiger partial charge is 0.224 e. The second kappa shape index (κ2) is 8.52. The Hall–Kier alpha value is -1.82. The highest BCUT2D eigenvalue weighted by Gasteiger charge is 2.23. The van der Waals surface area contributed by atoms with Crippen molar-refractivity contribution in [3.8, 4) is 0 Å². The summed E-state index contributed by atoms with van der Waals surface area (Å²) in [5.74, 6) is 0.0349. The van der Waals surface area contributed by atoms with Crippen LogP contribution in [0.5, 0.6) is 0 Å². The average molecular weight is 364 g/mol. The van der Waals surface area contributed by atoms with Crippen LogP contribution in [0.3, 0.4) is 0 Å². The van der Waals surface area contributed by atoms with Gasteiger partial charge in [-0.2, -0.15) is 4.39 Å². The number of thiazole rings is 1. The van der Waals surface area contributed by atoms with Crippen LogP contribution in [0.4, 0.5) is 9.52 Å². The summed E-state index contributed by atoms with van der Waals surface area (Å²) < 4.78 is 13.8. The van der Waals surface area contributed by atoms with Crippen LogP contribution in [0.2, 0.25) is 0 Å². The Morgan fingerprint density at radius 1 is 1.36 bits per heavy atom. The van der Waals surface area contributed by atoms with Gasteiger partial charge in [-0.1, -0.05) is 20.8 Å². The van der Waals surface area contributed by atoms with Crippen LogP contribution in [-0.4, -0.2) is 28.8 Å². The summed E-state index contributed by atoms with van der Waals surface area (Å²) in [5, 5.41) is 0.822. The molecule has 2 aromatic rings. The van der Waals surface area contributed by atoms with Crippen molar-refractivity contribution in [2.24, 2.45) is 11.8 Å². The van der Waals surface area contributed by atoms with E-state index >= 15 is 0 Å². The minimum absolute atomic E-state index is 0.0290. The number of hydrogen-bond donors (Lipinski definition) is 0. The first kappa shape index (κ1) is 19.5. The molecule has 0 aliphatic carbocycles. The summed E-state index contributed by atoms with van der Waals surface area (Å²) in [4.78, 5) is 23.7. The van der Waals surface area contributed by atoms with Crippen molar-refractivity contribution in [3.63, 3.8) is 0 Å². The summed E-state index contributed by atoms with van der Waals surface area (Å²) in [5.41, 5.74) is 0.292. The van der Waals surface area contributed by atoms with Crippen LogP contribution >= 0.6 is 11.3 Å². The van der Waals surface area contributed by atoms with Gasteiger partial charge in [0.1, 0.15) is 5.69 Å². The average Bonchev–Trinajstić information content (AvgIpc) is 2.93. The minimum atomic E-state index is -0.751. The van der Waals surface area contributed by atoms with E-state index in [2.05, 4.69) is 42.6 Å². The molecule has 0 aromatic carbocycles. The van der Waals surface area contributed by atoms with Crippen molar-refractivity contribution >= 4 is 22.3 Å². The second-order valence-electron chi connectivity index (χ2n) is 6.85. The van der Waals surface area contributed by atoms with Gasteiger partial charge in [-0.15, -0.1) is 11.3 Å². The van der Waals surface area contributed by atoms with E-state index in [-0.39, 0.29) is 5.56 Å². The highest BCUT2D eigenvalue weighted by Crippen LogP contribution is 2.28. The third-order valence-corrected chi connectivity index (χ3v) is 5.09. The van der Waals surface area contributed by atoms with Crippen LogP contribution < -0.4 is 4.90 Å². The predicted octanol–water partition coefficient (Wildman–Crippen LogP) is 4.73. The van der Waals surface area contributed by atoms with Crippen LogP contribution in [-0.2, 0) is 0 Å². The van der Waals surface area contributed by atoms with Gasteiger partial charge >= 0.3 is 0 Å². The Morgan fingerprint density at radius 3 is 2.68 bits per heavy atom. The highest BCUT2D eigenvalue weighted by atomic mass is 32.1. The molecule has 1 atom stereocenters. The maximum atomic E-state index is 13.8. The monoisotopic (exact) mass is 363 g/mol. The van der Waals surface area contributed by atoms with Gasteiger partial charge in [-0.3, -0.25) is 4.79 Å². The number of aryl methyl sites for hydroxylation is 1. The van der Waals surface area contributed by atoms with E-state index in [1.165, 1.54) is 23.6 Å². The lowest BCUT2D eigenvalue weighted by molar-refractivity contribution is 0.103. The van der Waals surface area contributed by atoms with E-state index in [1.54, 1.807) is 6.07 Å². The Bertz CT molecular complexity index is 729. The minimum Gasteiger partial charge on any atom is -0.348 e. The Morgan fingerprint density at radius 2 is 2.08 bits per heavy atom. The van der Waals surface area contributed by atoms with Crippen molar-refractivity contribution in [2.75, 3.05) is 18.0 Å². The number of carbonyl (C=O) groups excluding carboxylic acids is 1. The lowest BCUT2D eigenvalue weighted by Gasteiger charge is -2.24. The third-order valence-electron chi connectivity index (χ3n) is 4.06. The fourth-order valence-corrected chi connectivity index (χ4v) is 3.99. The van der Waals surface area contributed by atoms with Crippen LogP contribution in [0.15, 0.2) is 18.3 Å². The Kier molecular flexibility index (Phi) is 6.64. The molecule has 0 radical (unpaired) electrons. The van der Waals surface area contributed by atoms with Gasteiger partial charge in [0.05, 0.1) is 5.56 Å². The molecule has 136 valence electrons. The van der Waals surface area contributed by atoms with Crippen LogP contribution in [0.25, 0.3) is 0 Å².